The van der Waals surface area contributed by atoms with Gasteiger partial charge in [0.1, 0.15) is 0 Å². The average Bonchev–Trinajstić information content (AvgIpc) is 3.13. The van der Waals surface area contributed by atoms with Gasteiger partial charge in [0.05, 0.1) is 0 Å². The second-order valence-electron chi connectivity index (χ2n) is 23.0. The minimum atomic E-state index is -1.10. The molecule has 4 heterocycles. The number of rotatable bonds is 18. The van der Waals surface area contributed by atoms with Crippen molar-refractivity contribution in [3.05, 3.63) is 186 Å². The molecule has 4 aliphatic rings. The van der Waals surface area contributed by atoms with Crippen molar-refractivity contribution in [3.8, 4) is 0 Å². The van der Waals surface area contributed by atoms with E-state index in [-0.39, 0.29) is 17.7 Å². The fourth-order valence-electron chi connectivity index (χ4n) is 9.49. The monoisotopic (exact) mass is 1230 g/mol. The number of nitrogens with zero attached hydrogens (tertiary/aromatic N) is 10. The van der Waals surface area contributed by atoms with E-state index < -0.39 is 17.9 Å². The van der Waals surface area contributed by atoms with Gasteiger partial charge in [-0.15, -0.1) is 0 Å². The van der Waals surface area contributed by atoms with E-state index in [4.69, 9.17) is 10.8 Å². The fourth-order valence-corrected chi connectivity index (χ4v) is 9.49. The number of hydrogen-bond acceptors (Lipinski definition) is 17. The molecule has 0 spiro atoms. The van der Waals surface area contributed by atoms with E-state index in [1.54, 1.807) is 9.80 Å². The van der Waals surface area contributed by atoms with Crippen molar-refractivity contribution in [2.75, 3.05) is 174 Å². The largest absolute Gasteiger partial charge is 0.478 e. The summed E-state index contributed by atoms with van der Waals surface area (Å²) in [5.74, 6) is -2.87. The summed E-state index contributed by atoms with van der Waals surface area (Å²) in [6.07, 6.45) is 6.89. The Morgan fingerprint density at radius 2 is 0.744 bits per heavy atom. The second kappa shape index (κ2) is 37.9. The van der Waals surface area contributed by atoms with Crippen LogP contribution in [0.2, 0.25) is 0 Å². The lowest BCUT2D eigenvalue weighted by Crippen LogP contribution is -2.47. The molecule has 0 bridgehead atoms. The van der Waals surface area contributed by atoms with Gasteiger partial charge in [-0.25, -0.2) is 14.4 Å². The first-order chi connectivity index (χ1) is 43.0. The van der Waals surface area contributed by atoms with Crippen LogP contribution in [0.3, 0.4) is 0 Å². The summed E-state index contributed by atoms with van der Waals surface area (Å²) < 4.78 is 3.97. The van der Waals surface area contributed by atoms with E-state index in [9.17, 15) is 28.8 Å². The lowest BCUT2D eigenvalue weighted by Gasteiger charge is -2.34. The summed E-state index contributed by atoms with van der Waals surface area (Å²) in [6.45, 7) is 14.2. The van der Waals surface area contributed by atoms with Crippen molar-refractivity contribution in [2.45, 2.75) is 32.7 Å². The lowest BCUT2D eigenvalue weighted by molar-refractivity contribution is -0.150. The Morgan fingerprint density at radius 3 is 1.03 bits per heavy atom. The molecule has 0 aliphatic carbocycles. The van der Waals surface area contributed by atoms with Crippen LogP contribution in [-0.4, -0.2) is 214 Å². The molecule has 90 heavy (non-hydrogen) atoms. The molecular formula is C69H95N13O8. The van der Waals surface area contributed by atoms with Crippen LogP contribution in [0, 0.1) is 0 Å². The van der Waals surface area contributed by atoms with E-state index >= 15 is 0 Å². The Labute approximate surface area is 533 Å². The summed E-state index contributed by atoms with van der Waals surface area (Å²) >= 11 is 0. The molecule has 3 fully saturated rings. The molecule has 5 aromatic carbocycles. The van der Waals surface area contributed by atoms with Crippen LogP contribution in [0.15, 0.2) is 158 Å². The zero-order chi connectivity index (χ0) is 65.5. The minimum absolute atomic E-state index is 0.115. The molecular weight excluding hydrogens is 1140 g/mol. The number of benzene rings is 5. The molecule has 21 heteroatoms. The summed E-state index contributed by atoms with van der Waals surface area (Å²) in [4.78, 5) is 87.7. The van der Waals surface area contributed by atoms with Crippen LogP contribution in [-0.2, 0) is 66.2 Å². The van der Waals surface area contributed by atoms with E-state index in [1.807, 2.05) is 85.5 Å². The van der Waals surface area contributed by atoms with Crippen LogP contribution >= 0.6 is 0 Å². The Bertz CT molecular complexity index is 3080. The smallest absolute Gasteiger partial charge is 0.338 e. The van der Waals surface area contributed by atoms with Crippen LogP contribution < -0.4 is 40.9 Å². The van der Waals surface area contributed by atoms with Gasteiger partial charge in [0, 0.05) is 247 Å². The zero-order valence-electron chi connectivity index (χ0n) is 54.4. The number of hydrogen-bond donors (Lipinski definition) is 4. The number of carboxylic acid groups (broad SMARTS) is 1. The SMILES string of the molecule is CN(C)c1ccc(CN)cc1.CN(C)c1ccc(CN2CCN(C(=O)/C=C/C(=O)O)CC2)cc1.CN(C)c1ccc(CN2CCNCC2)cc1.CN(C)c1ccc(CNC(=O)/C=C/C(=O)N2CCN(Cc3ccc(N(C)C)cc3)CC2)cc1.O=C1C=CC(=O)O1. The maximum atomic E-state index is 12.5. The number of ether oxygens (including phenoxy) is 1. The molecule has 0 aromatic heterocycles. The number of carboxylic acids is 1. The Morgan fingerprint density at radius 1 is 0.444 bits per heavy atom. The van der Waals surface area contributed by atoms with Gasteiger partial charge in [0.2, 0.25) is 17.7 Å². The topological polar surface area (TPSA) is 214 Å². The highest BCUT2D eigenvalue weighted by molar-refractivity contribution is 6.05. The normalized spacial score (nSPS) is 15.0. The maximum absolute atomic E-state index is 12.5. The summed E-state index contributed by atoms with van der Waals surface area (Å²) in [5.41, 5.74) is 17.5. The first-order valence-corrected chi connectivity index (χ1v) is 30.3. The third-order valence-corrected chi connectivity index (χ3v) is 15.1. The molecule has 0 atom stereocenters. The van der Waals surface area contributed by atoms with E-state index in [0.29, 0.717) is 39.3 Å². The minimum Gasteiger partial charge on any atom is -0.478 e. The number of carbonyl (C=O) groups excluding carboxylic acids is 5. The van der Waals surface area contributed by atoms with Gasteiger partial charge in [-0.2, -0.15) is 0 Å². The lowest BCUT2D eigenvalue weighted by atomic mass is 10.1. The molecule has 3 saturated heterocycles. The van der Waals surface area contributed by atoms with Gasteiger partial charge < -0.3 is 60.5 Å². The summed E-state index contributed by atoms with van der Waals surface area (Å²) in [6, 6.07) is 42.1. The number of amides is 3. The van der Waals surface area contributed by atoms with Gasteiger partial charge in [-0.1, -0.05) is 60.7 Å². The number of carbonyl (C=O) groups is 6. The second-order valence-corrected chi connectivity index (χ2v) is 23.0. The van der Waals surface area contributed by atoms with Crippen LogP contribution in [0.1, 0.15) is 27.8 Å². The Kier molecular flexibility index (Phi) is 30.2. The molecule has 484 valence electrons. The number of aliphatic carboxylic acids is 1. The van der Waals surface area contributed by atoms with Gasteiger partial charge in [0.25, 0.3) is 0 Å². The van der Waals surface area contributed by atoms with Gasteiger partial charge in [-0.3, -0.25) is 29.1 Å². The molecule has 21 nitrogen and oxygen atoms in total. The highest BCUT2D eigenvalue weighted by Crippen LogP contribution is 2.19. The van der Waals surface area contributed by atoms with Gasteiger partial charge >= 0.3 is 17.9 Å². The fraction of sp³-hybridized carbons (Fsp3) is 0.391. The highest BCUT2D eigenvalue weighted by Gasteiger charge is 2.22. The Balaban J connectivity index is 0.000000223. The Hall–Kier alpha value is -8.86. The number of cyclic esters (lactones) is 2. The first-order valence-electron chi connectivity index (χ1n) is 30.3. The quantitative estimate of drug-likeness (QED) is 0.0493. The third-order valence-electron chi connectivity index (χ3n) is 15.1. The molecule has 5 aromatic rings. The number of nitrogens with two attached hydrogens (primary N) is 1. The first kappa shape index (κ1) is 71.9. The number of esters is 2. The van der Waals surface area contributed by atoms with Crippen molar-refractivity contribution in [1.82, 2.24) is 35.1 Å². The number of nitrogens with one attached hydrogen (secondary N) is 2. The number of anilines is 5. The standard InChI is InChI=1S/C26H35N5O2.C17H23N3O3.C13H21N3.C9H14N2.C4H2O3/c1-28(2)23-9-5-21(6-10-23)19-27-25(32)13-14-26(33)31-17-15-30(16-18-31)20-22-7-11-24(12-8-22)29(3)4;1-18(2)15-5-3-14(4-6-15)13-19-9-11-20(12-10-19)16(21)7-8-17(22)23;1-15(2)13-5-3-12(4-6-13)11-16-9-7-14-8-10-16;1-11(2)9-5-3-8(7-10)4-6-9;5-3-1-2-4(6)7-3/h5-14H,15-20H2,1-4H3,(H,27,32);3-8H,9-13H2,1-2H3,(H,22,23);3-6,14H,7-11H2,1-2H3;3-6H,7,10H2,1-2H3;1-2H/b14-13+;8-7+;;;. The number of piperazine rings is 3. The van der Waals surface area contributed by atoms with E-state index in [2.05, 4.69) is 161 Å². The van der Waals surface area contributed by atoms with E-state index in [1.165, 1.54) is 57.2 Å². The maximum Gasteiger partial charge on any atom is 0.338 e. The summed E-state index contributed by atoms with van der Waals surface area (Å²) in [5, 5.41) is 14.8. The van der Waals surface area contributed by atoms with Crippen LogP contribution in [0.5, 0.6) is 0 Å². The van der Waals surface area contributed by atoms with Crippen molar-refractivity contribution >= 4 is 64.1 Å². The molecule has 3 amide bonds. The van der Waals surface area contributed by atoms with Crippen molar-refractivity contribution in [2.24, 2.45) is 5.73 Å². The van der Waals surface area contributed by atoms with Crippen molar-refractivity contribution < 1.29 is 38.6 Å². The van der Waals surface area contributed by atoms with Gasteiger partial charge in [-0.05, 0) is 88.5 Å². The molecule has 0 unspecified atom stereocenters. The van der Waals surface area contributed by atoms with Crippen LogP contribution in [0.25, 0.3) is 0 Å². The molecule has 0 radical (unpaired) electrons. The molecule has 0 saturated carbocycles. The molecule has 5 N–H and O–H groups in total. The van der Waals surface area contributed by atoms with E-state index in [0.717, 1.165) is 108 Å². The highest BCUT2D eigenvalue weighted by atomic mass is 16.6. The predicted molar refractivity (Wildman–Crippen MR) is 362 cm³/mol. The molecule has 4 aliphatic heterocycles. The zero-order valence-corrected chi connectivity index (χ0v) is 54.4. The summed E-state index contributed by atoms with van der Waals surface area (Å²) in [7, 11) is 20.3. The predicted octanol–water partition coefficient (Wildman–Crippen LogP) is 5.37. The third kappa shape index (κ3) is 26.5. The molecule has 9 rings (SSSR count). The van der Waals surface area contributed by atoms with Crippen molar-refractivity contribution in [1.29, 1.82) is 0 Å². The van der Waals surface area contributed by atoms with Crippen LogP contribution in [0.4, 0.5) is 28.4 Å². The van der Waals surface area contributed by atoms with Gasteiger partial charge in [0.15, 0.2) is 0 Å². The average molecular weight is 1230 g/mol. The van der Waals surface area contributed by atoms with Crippen molar-refractivity contribution in [3.63, 3.8) is 0 Å².